The van der Waals surface area contributed by atoms with Gasteiger partial charge in [0, 0.05) is 23.0 Å². The van der Waals surface area contributed by atoms with E-state index < -0.39 is 5.92 Å². The summed E-state index contributed by atoms with van der Waals surface area (Å²) in [5, 5.41) is 7.47. The van der Waals surface area contributed by atoms with Crippen LogP contribution < -0.4 is 20.6 Å². The molecule has 0 fully saturated rings. The zero-order valence-electron chi connectivity index (χ0n) is 23.7. The maximum atomic E-state index is 14.3. The van der Waals surface area contributed by atoms with Crippen molar-refractivity contribution in [1.29, 1.82) is 0 Å². The van der Waals surface area contributed by atoms with Crippen LogP contribution in [0.5, 0.6) is 11.5 Å². The molecular formula is C31H26N6O4S2. The Morgan fingerprint density at radius 1 is 0.721 bits per heavy atom. The fourth-order valence-electron chi connectivity index (χ4n) is 5.49. The summed E-state index contributed by atoms with van der Waals surface area (Å²) in [4.78, 5) is 38.0. The van der Waals surface area contributed by atoms with E-state index >= 15 is 0 Å². The van der Waals surface area contributed by atoms with E-state index in [1.807, 2.05) is 68.4 Å². The third-order valence-corrected chi connectivity index (χ3v) is 9.55. The molecule has 3 aromatic carbocycles. The quantitative estimate of drug-likeness (QED) is 0.240. The summed E-state index contributed by atoms with van der Waals surface area (Å²) < 4.78 is 16.1. The van der Waals surface area contributed by atoms with Gasteiger partial charge in [0.2, 0.25) is 10.3 Å². The lowest BCUT2D eigenvalue weighted by Gasteiger charge is -2.19. The highest BCUT2D eigenvalue weighted by Crippen LogP contribution is 2.39. The summed E-state index contributed by atoms with van der Waals surface area (Å²) in [5.41, 5.74) is 3.70. The number of nitrogens with zero attached hydrogens (tertiary/aromatic N) is 4. The van der Waals surface area contributed by atoms with Crippen molar-refractivity contribution in [3.8, 4) is 21.8 Å². The maximum absolute atomic E-state index is 14.3. The SMILES string of the molecule is COc1ccc(C(c2c(C)[nH]n(-c3nc4ccccc4s3)c2=O)c2c(C)[nH]n(-c3nc4ccccc4s3)c2=O)c(OC)c1. The fraction of sp³-hybridized carbons (Fsp3) is 0.161. The van der Waals surface area contributed by atoms with Crippen LogP contribution in [-0.2, 0) is 0 Å². The molecule has 0 aliphatic heterocycles. The number of benzene rings is 3. The minimum absolute atomic E-state index is 0.300. The van der Waals surface area contributed by atoms with Crippen LogP contribution in [0.2, 0.25) is 0 Å². The largest absolute Gasteiger partial charge is 0.497 e. The summed E-state index contributed by atoms with van der Waals surface area (Å²) in [6, 6.07) is 20.9. The number of aryl methyl sites for hydroxylation is 2. The fourth-order valence-corrected chi connectivity index (χ4v) is 7.34. The molecule has 216 valence electrons. The molecule has 4 aromatic heterocycles. The van der Waals surface area contributed by atoms with Crippen molar-refractivity contribution in [2.24, 2.45) is 0 Å². The summed E-state index contributed by atoms with van der Waals surface area (Å²) in [6.07, 6.45) is 0. The van der Waals surface area contributed by atoms with Crippen LogP contribution in [0, 0.1) is 13.8 Å². The molecular weight excluding hydrogens is 585 g/mol. The molecule has 10 nitrogen and oxygen atoms in total. The maximum Gasteiger partial charge on any atom is 0.277 e. The third-order valence-electron chi connectivity index (χ3n) is 7.51. The molecule has 7 rings (SSSR count). The van der Waals surface area contributed by atoms with Gasteiger partial charge in [-0.2, -0.15) is 9.36 Å². The van der Waals surface area contributed by atoms with E-state index in [2.05, 4.69) is 20.2 Å². The van der Waals surface area contributed by atoms with Crippen molar-refractivity contribution < 1.29 is 9.47 Å². The Bertz CT molecular complexity index is 2070. The molecule has 0 radical (unpaired) electrons. The molecule has 0 unspecified atom stereocenters. The Morgan fingerprint density at radius 3 is 1.70 bits per heavy atom. The first-order chi connectivity index (χ1) is 20.9. The Balaban J connectivity index is 1.47. The summed E-state index contributed by atoms with van der Waals surface area (Å²) >= 11 is 2.83. The number of ether oxygens (including phenoxy) is 2. The minimum atomic E-state index is -0.778. The monoisotopic (exact) mass is 610 g/mol. The minimum Gasteiger partial charge on any atom is -0.497 e. The molecule has 0 amide bonds. The van der Waals surface area contributed by atoms with Crippen molar-refractivity contribution in [1.82, 2.24) is 29.5 Å². The first kappa shape index (κ1) is 26.9. The lowest BCUT2D eigenvalue weighted by atomic mass is 9.84. The molecule has 0 aliphatic rings. The number of methoxy groups -OCH3 is 2. The Hall–Kier alpha value is -4.94. The average molecular weight is 611 g/mol. The highest BCUT2D eigenvalue weighted by atomic mass is 32.1. The number of fused-ring (bicyclic) bond motifs is 2. The summed E-state index contributed by atoms with van der Waals surface area (Å²) in [5.74, 6) is 0.303. The molecule has 7 aromatic rings. The Labute approximate surface area is 252 Å². The van der Waals surface area contributed by atoms with Gasteiger partial charge in [-0.3, -0.25) is 19.8 Å². The van der Waals surface area contributed by atoms with Gasteiger partial charge in [-0.05, 0) is 44.2 Å². The summed E-state index contributed by atoms with van der Waals surface area (Å²) in [6.45, 7) is 3.66. The summed E-state index contributed by atoms with van der Waals surface area (Å²) in [7, 11) is 3.13. The molecule has 0 saturated heterocycles. The van der Waals surface area contributed by atoms with Crippen LogP contribution in [-0.4, -0.2) is 43.7 Å². The Kier molecular flexibility index (Phi) is 6.51. The topological polar surface area (TPSA) is 120 Å². The van der Waals surface area contributed by atoms with Crippen LogP contribution in [0.25, 0.3) is 30.7 Å². The predicted octanol–water partition coefficient (Wildman–Crippen LogP) is 5.68. The van der Waals surface area contributed by atoms with Gasteiger partial charge in [0.1, 0.15) is 11.5 Å². The lowest BCUT2D eigenvalue weighted by Crippen LogP contribution is -2.25. The number of hydrogen-bond donors (Lipinski definition) is 2. The Morgan fingerprint density at radius 2 is 1.23 bits per heavy atom. The average Bonchev–Trinajstić information content (AvgIpc) is 3.78. The number of aromatic nitrogens is 6. The smallest absolute Gasteiger partial charge is 0.277 e. The van der Waals surface area contributed by atoms with Crippen molar-refractivity contribution in [3.63, 3.8) is 0 Å². The number of rotatable bonds is 7. The van der Waals surface area contributed by atoms with Gasteiger partial charge in [-0.25, -0.2) is 9.97 Å². The first-order valence-corrected chi connectivity index (χ1v) is 15.1. The molecule has 0 aliphatic carbocycles. The molecule has 0 bridgehead atoms. The normalized spacial score (nSPS) is 11.7. The molecule has 0 saturated carbocycles. The zero-order valence-corrected chi connectivity index (χ0v) is 25.3. The number of aromatic amines is 2. The van der Waals surface area contributed by atoms with Crippen LogP contribution in [0.4, 0.5) is 0 Å². The van der Waals surface area contributed by atoms with E-state index in [4.69, 9.17) is 9.47 Å². The molecule has 2 N–H and O–H groups in total. The van der Waals surface area contributed by atoms with Crippen molar-refractivity contribution in [3.05, 3.63) is 116 Å². The zero-order chi connectivity index (χ0) is 29.8. The van der Waals surface area contributed by atoms with Gasteiger partial charge in [0.25, 0.3) is 11.1 Å². The highest BCUT2D eigenvalue weighted by Gasteiger charge is 2.33. The number of thiazole rings is 2. The van der Waals surface area contributed by atoms with E-state index in [0.29, 0.717) is 49.8 Å². The van der Waals surface area contributed by atoms with E-state index in [9.17, 15) is 9.59 Å². The number of H-pyrrole nitrogens is 2. The second kappa shape index (κ2) is 10.4. The van der Waals surface area contributed by atoms with Gasteiger partial charge in [-0.1, -0.05) is 53.0 Å². The van der Waals surface area contributed by atoms with Crippen LogP contribution in [0.15, 0.2) is 76.3 Å². The van der Waals surface area contributed by atoms with Crippen molar-refractivity contribution in [2.45, 2.75) is 19.8 Å². The lowest BCUT2D eigenvalue weighted by molar-refractivity contribution is 0.390. The van der Waals surface area contributed by atoms with E-state index in [-0.39, 0.29) is 11.1 Å². The second-order valence-corrected chi connectivity index (χ2v) is 12.1. The van der Waals surface area contributed by atoms with Gasteiger partial charge < -0.3 is 9.47 Å². The number of para-hydroxylation sites is 2. The van der Waals surface area contributed by atoms with E-state index in [1.165, 1.54) is 32.0 Å². The third kappa shape index (κ3) is 4.37. The molecule has 0 atom stereocenters. The number of hydrogen-bond acceptors (Lipinski definition) is 8. The van der Waals surface area contributed by atoms with Crippen LogP contribution in [0.3, 0.4) is 0 Å². The predicted molar refractivity (Wildman–Crippen MR) is 169 cm³/mol. The van der Waals surface area contributed by atoms with Gasteiger partial charge >= 0.3 is 0 Å². The van der Waals surface area contributed by atoms with E-state index in [0.717, 1.165) is 20.4 Å². The van der Waals surface area contributed by atoms with Crippen molar-refractivity contribution >= 4 is 43.1 Å². The molecule has 12 heteroatoms. The van der Waals surface area contributed by atoms with Crippen LogP contribution >= 0.6 is 22.7 Å². The standard InChI is InChI=1S/C31H26N6O4S2/c1-16-25(28(38)36(34-16)30-32-20-9-5-7-11-23(20)42-30)27(19-14-13-18(40-3)15-22(19)41-4)26-17(2)35-37(29(26)39)31-33-21-10-6-8-12-24(21)43-31/h5-15,27,34-35H,1-4H3. The van der Waals surface area contributed by atoms with Gasteiger partial charge in [-0.15, -0.1) is 0 Å². The second-order valence-electron chi connectivity index (χ2n) is 10.1. The van der Waals surface area contributed by atoms with Gasteiger partial charge in [0.05, 0.1) is 51.7 Å². The van der Waals surface area contributed by atoms with E-state index in [1.54, 1.807) is 26.4 Å². The first-order valence-electron chi connectivity index (χ1n) is 13.4. The highest BCUT2D eigenvalue weighted by molar-refractivity contribution is 7.21. The van der Waals surface area contributed by atoms with Crippen molar-refractivity contribution in [2.75, 3.05) is 14.2 Å². The number of nitrogens with one attached hydrogen (secondary N) is 2. The van der Waals surface area contributed by atoms with Gasteiger partial charge in [0.15, 0.2) is 0 Å². The van der Waals surface area contributed by atoms with Crippen LogP contribution in [0.1, 0.15) is 34.0 Å². The molecule has 0 spiro atoms. The molecule has 43 heavy (non-hydrogen) atoms. The molecule has 4 heterocycles.